The zero-order valence-electron chi connectivity index (χ0n) is 18.1. The summed E-state index contributed by atoms with van der Waals surface area (Å²) in [5, 5.41) is 3.74. The fraction of sp³-hybridized carbons (Fsp3) is 0.348. The molecule has 0 saturated heterocycles. The van der Waals surface area contributed by atoms with E-state index in [1.807, 2.05) is 81.9 Å². The van der Waals surface area contributed by atoms with Crippen molar-refractivity contribution in [3.05, 3.63) is 65.4 Å². The minimum absolute atomic E-state index is 0.188. The standard InChI is InChI=1S/C23H29N3O3S/c1-15(2)19-7-6-8-20(16(3)4)22(19)24-23(27)25-30(28,29)14-17-9-10-21-18(13-17)11-12-26(21)5/h6-13,15-16H,14H2,1-5H3,(H2,24,25,27). The van der Waals surface area contributed by atoms with Gasteiger partial charge in [-0.15, -0.1) is 0 Å². The van der Waals surface area contributed by atoms with Gasteiger partial charge in [-0.3, -0.25) is 0 Å². The zero-order chi connectivity index (χ0) is 22.1. The van der Waals surface area contributed by atoms with Crippen LogP contribution in [-0.4, -0.2) is 19.0 Å². The number of aryl methyl sites for hydroxylation is 1. The van der Waals surface area contributed by atoms with Crippen molar-refractivity contribution in [3.8, 4) is 0 Å². The molecule has 0 spiro atoms. The van der Waals surface area contributed by atoms with Crippen LogP contribution in [0.5, 0.6) is 0 Å². The Morgan fingerprint density at radius 3 is 2.23 bits per heavy atom. The van der Waals surface area contributed by atoms with Crippen LogP contribution in [0.15, 0.2) is 48.7 Å². The van der Waals surface area contributed by atoms with Gasteiger partial charge in [0.05, 0.1) is 5.75 Å². The van der Waals surface area contributed by atoms with Gasteiger partial charge in [-0.2, -0.15) is 0 Å². The summed E-state index contributed by atoms with van der Waals surface area (Å²) in [6, 6.07) is 12.5. The fourth-order valence-electron chi connectivity index (χ4n) is 3.65. The van der Waals surface area contributed by atoms with Crippen molar-refractivity contribution in [1.82, 2.24) is 9.29 Å². The molecule has 0 radical (unpaired) electrons. The van der Waals surface area contributed by atoms with Gasteiger partial charge < -0.3 is 9.88 Å². The molecule has 1 heterocycles. The summed E-state index contributed by atoms with van der Waals surface area (Å²) >= 11 is 0. The number of aromatic nitrogens is 1. The largest absolute Gasteiger partial charge is 0.351 e. The number of fused-ring (bicyclic) bond motifs is 1. The van der Waals surface area contributed by atoms with Gasteiger partial charge in [0.1, 0.15) is 0 Å². The maximum absolute atomic E-state index is 12.6. The van der Waals surface area contributed by atoms with Gasteiger partial charge >= 0.3 is 6.03 Å². The summed E-state index contributed by atoms with van der Waals surface area (Å²) < 4.78 is 29.3. The second-order valence-corrected chi connectivity index (χ2v) is 9.98. The average molecular weight is 428 g/mol. The van der Waals surface area contributed by atoms with Crippen LogP contribution in [0.2, 0.25) is 0 Å². The van der Waals surface area contributed by atoms with Gasteiger partial charge in [0.2, 0.25) is 10.0 Å². The summed E-state index contributed by atoms with van der Waals surface area (Å²) in [5.74, 6) is 0.107. The minimum atomic E-state index is -3.85. The molecule has 30 heavy (non-hydrogen) atoms. The van der Waals surface area contributed by atoms with Gasteiger partial charge in [0.15, 0.2) is 0 Å². The van der Waals surface area contributed by atoms with E-state index in [0.29, 0.717) is 11.3 Å². The average Bonchev–Trinajstić information content (AvgIpc) is 3.00. The zero-order valence-corrected chi connectivity index (χ0v) is 18.9. The van der Waals surface area contributed by atoms with E-state index in [9.17, 15) is 13.2 Å². The van der Waals surface area contributed by atoms with E-state index in [2.05, 4.69) is 10.0 Å². The van der Waals surface area contributed by atoms with Crippen molar-refractivity contribution >= 4 is 32.6 Å². The van der Waals surface area contributed by atoms with Crippen molar-refractivity contribution < 1.29 is 13.2 Å². The molecule has 0 aliphatic carbocycles. The monoisotopic (exact) mass is 427 g/mol. The molecule has 0 aliphatic rings. The van der Waals surface area contributed by atoms with Crippen LogP contribution < -0.4 is 10.0 Å². The molecular formula is C23H29N3O3S. The van der Waals surface area contributed by atoms with E-state index in [1.165, 1.54) is 0 Å². The molecule has 3 aromatic rings. The summed E-state index contributed by atoms with van der Waals surface area (Å²) in [6.45, 7) is 8.16. The van der Waals surface area contributed by atoms with Crippen molar-refractivity contribution in [2.45, 2.75) is 45.3 Å². The van der Waals surface area contributed by atoms with Gasteiger partial charge in [-0.05, 0) is 52.1 Å². The Kier molecular flexibility index (Phi) is 6.22. The van der Waals surface area contributed by atoms with E-state index in [-0.39, 0.29) is 17.6 Å². The first-order valence-corrected chi connectivity index (χ1v) is 11.7. The first-order chi connectivity index (χ1) is 14.1. The Hall–Kier alpha value is -2.80. The number of anilines is 1. The van der Waals surface area contributed by atoms with Crippen molar-refractivity contribution in [2.75, 3.05) is 5.32 Å². The number of nitrogens with one attached hydrogen (secondary N) is 2. The predicted octanol–water partition coefficient (Wildman–Crippen LogP) is 5.08. The van der Waals surface area contributed by atoms with E-state index in [0.717, 1.165) is 22.0 Å². The summed E-state index contributed by atoms with van der Waals surface area (Å²) in [5.41, 5.74) is 4.28. The SMILES string of the molecule is CC(C)c1cccc(C(C)C)c1NC(=O)NS(=O)(=O)Cc1ccc2c(ccn2C)c1. The molecule has 160 valence electrons. The molecule has 3 rings (SSSR count). The fourth-order valence-corrected chi connectivity index (χ4v) is 4.68. The first-order valence-electron chi connectivity index (χ1n) is 10.1. The summed E-state index contributed by atoms with van der Waals surface area (Å²) in [7, 11) is -1.92. The second kappa shape index (κ2) is 8.52. The third-order valence-corrected chi connectivity index (χ3v) is 6.38. The Balaban J connectivity index is 1.78. The van der Waals surface area contributed by atoms with Gasteiger partial charge in [0.25, 0.3) is 0 Å². The Bertz CT molecular complexity index is 1150. The highest BCUT2D eigenvalue weighted by Crippen LogP contribution is 2.32. The number of carbonyl (C=O) groups excluding carboxylic acids is 1. The highest BCUT2D eigenvalue weighted by Gasteiger charge is 2.20. The van der Waals surface area contributed by atoms with Crippen molar-refractivity contribution in [1.29, 1.82) is 0 Å². The molecule has 0 saturated carbocycles. The number of hydrogen-bond acceptors (Lipinski definition) is 3. The Labute approximate surface area is 178 Å². The lowest BCUT2D eigenvalue weighted by Gasteiger charge is -2.20. The number of hydrogen-bond donors (Lipinski definition) is 2. The lowest BCUT2D eigenvalue weighted by atomic mass is 9.93. The molecule has 1 aromatic heterocycles. The number of carbonyl (C=O) groups is 1. The van der Waals surface area contributed by atoms with Crippen molar-refractivity contribution in [2.24, 2.45) is 7.05 Å². The maximum atomic E-state index is 12.6. The molecule has 2 amide bonds. The van der Waals surface area contributed by atoms with Gasteiger partial charge in [0, 0.05) is 24.4 Å². The topological polar surface area (TPSA) is 80.2 Å². The van der Waals surface area contributed by atoms with Gasteiger partial charge in [-0.25, -0.2) is 17.9 Å². The normalized spacial score (nSPS) is 12.0. The number of nitrogens with zero attached hydrogens (tertiary/aromatic N) is 1. The lowest BCUT2D eigenvalue weighted by molar-refractivity contribution is 0.256. The van der Waals surface area contributed by atoms with Crippen LogP contribution in [0.25, 0.3) is 10.9 Å². The Morgan fingerprint density at radius 1 is 1.00 bits per heavy atom. The maximum Gasteiger partial charge on any atom is 0.332 e. The number of amides is 2. The van der Waals surface area contributed by atoms with E-state index in [4.69, 9.17) is 0 Å². The molecule has 0 bridgehead atoms. The number of benzene rings is 2. The van der Waals surface area contributed by atoms with Gasteiger partial charge in [-0.1, -0.05) is 52.0 Å². The summed E-state index contributed by atoms with van der Waals surface area (Å²) in [4.78, 5) is 12.6. The molecular weight excluding hydrogens is 398 g/mol. The smallest absolute Gasteiger partial charge is 0.332 e. The predicted molar refractivity (Wildman–Crippen MR) is 122 cm³/mol. The van der Waals surface area contributed by atoms with E-state index < -0.39 is 16.1 Å². The van der Waals surface area contributed by atoms with Crippen LogP contribution in [0, 0.1) is 0 Å². The quantitative estimate of drug-likeness (QED) is 0.576. The molecule has 7 heteroatoms. The molecule has 0 fully saturated rings. The molecule has 2 aromatic carbocycles. The second-order valence-electron chi connectivity index (χ2n) is 8.26. The molecule has 6 nitrogen and oxygen atoms in total. The van der Waals surface area contributed by atoms with Crippen LogP contribution in [0.3, 0.4) is 0 Å². The molecule has 0 aliphatic heterocycles. The molecule has 0 atom stereocenters. The third kappa shape index (κ3) is 4.84. The molecule has 0 unspecified atom stereocenters. The lowest BCUT2D eigenvalue weighted by Crippen LogP contribution is -2.35. The van der Waals surface area contributed by atoms with Crippen LogP contribution in [0.4, 0.5) is 10.5 Å². The highest BCUT2D eigenvalue weighted by atomic mass is 32.2. The molecule has 2 N–H and O–H groups in total. The number of sulfonamides is 1. The van der Waals surface area contributed by atoms with Crippen LogP contribution >= 0.6 is 0 Å². The van der Waals surface area contributed by atoms with E-state index in [1.54, 1.807) is 6.07 Å². The number of rotatable bonds is 6. The van der Waals surface area contributed by atoms with Crippen molar-refractivity contribution in [3.63, 3.8) is 0 Å². The minimum Gasteiger partial charge on any atom is -0.351 e. The van der Waals surface area contributed by atoms with Crippen LogP contribution in [0.1, 0.15) is 56.2 Å². The third-order valence-electron chi connectivity index (χ3n) is 5.17. The Morgan fingerprint density at radius 2 is 1.63 bits per heavy atom. The number of urea groups is 1. The highest BCUT2D eigenvalue weighted by molar-refractivity contribution is 7.89. The first kappa shape index (κ1) is 21.9. The van der Waals surface area contributed by atoms with Crippen LogP contribution in [-0.2, 0) is 22.8 Å². The number of para-hydroxylation sites is 1. The van der Waals surface area contributed by atoms with E-state index >= 15 is 0 Å². The summed E-state index contributed by atoms with van der Waals surface area (Å²) in [6.07, 6.45) is 1.92.